The van der Waals surface area contributed by atoms with Crippen LogP contribution < -0.4 is 10.1 Å². The zero-order valence-electron chi connectivity index (χ0n) is 14.4. The van der Waals surface area contributed by atoms with E-state index in [1.54, 1.807) is 6.92 Å². The number of nitrogens with one attached hydrogen (secondary N) is 1. The number of hydrogen-bond donors (Lipinski definition) is 1. The molecule has 1 saturated carbocycles. The van der Waals surface area contributed by atoms with Gasteiger partial charge in [-0.05, 0) is 43.4 Å². The predicted octanol–water partition coefficient (Wildman–Crippen LogP) is 1.40. The van der Waals surface area contributed by atoms with Crippen LogP contribution in [-0.2, 0) is 15.0 Å². The molecule has 1 heterocycles. The average Bonchev–Trinajstić information content (AvgIpc) is 3.35. The minimum atomic E-state index is -4.21. The van der Waals surface area contributed by atoms with E-state index in [2.05, 4.69) is 0 Å². The first kappa shape index (κ1) is 18.6. The van der Waals surface area contributed by atoms with Gasteiger partial charge >= 0.3 is 16.2 Å². The molecule has 2 fully saturated rings. The van der Waals surface area contributed by atoms with Gasteiger partial charge in [-0.15, -0.1) is 0 Å². The molecular weight excluding hydrogens is 365 g/mol. The SMILES string of the molecule is C[C@H](c1ccc(F)c(OCC2CC2)c1)N(C)S(=O)(=O)N1CC(=O)NC1=O. The molecule has 1 atom stereocenters. The molecule has 0 radical (unpaired) electrons. The first-order valence-electron chi connectivity index (χ1n) is 8.22. The second-order valence-corrected chi connectivity index (χ2v) is 8.42. The van der Waals surface area contributed by atoms with Crippen molar-refractivity contribution in [2.75, 3.05) is 20.2 Å². The maximum atomic E-state index is 13.9. The minimum Gasteiger partial charge on any atom is -0.490 e. The molecule has 1 aromatic rings. The third-order valence-electron chi connectivity index (χ3n) is 4.56. The molecule has 1 aliphatic heterocycles. The molecule has 1 aromatic carbocycles. The summed E-state index contributed by atoms with van der Waals surface area (Å²) in [7, 11) is -2.91. The number of nitrogens with zero attached hydrogens (tertiary/aromatic N) is 2. The van der Waals surface area contributed by atoms with Gasteiger partial charge in [0.1, 0.15) is 6.54 Å². The molecule has 3 amide bonds. The first-order valence-corrected chi connectivity index (χ1v) is 9.61. The standard InChI is InChI=1S/C16H20FN3O5S/c1-10(19(2)26(23,24)20-8-15(21)18-16(20)22)12-5-6-13(17)14(7-12)25-9-11-3-4-11/h5-7,10-11H,3-4,8-9H2,1-2H3,(H,18,21,22)/t10-/m1/s1. The Balaban J connectivity index is 1.79. The second kappa shape index (κ2) is 6.84. The van der Waals surface area contributed by atoms with Crippen LogP contribution in [0.5, 0.6) is 5.75 Å². The van der Waals surface area contributed by atoms with Gasteiger partial charge in [0.15, 0.2) is 11.6 Å². The number of hydrogen-bond acceptors (Lipinski definition) is 5. The number of ether oxygens (including phenoxy) is 1. The number of carbonyl (C=O) groups is 2. The number of imide groups is 1. The van der Waals surface area contributed by atoms with Crippen molar-refractivity contribution in [3.05, 3.63) is 29.6 Å². The summed E-state index contributed by atoms with van der Waals surface area (Å²) in [6.45, 7) is 1.47. The Hall–Kier alpha value is -2.20. The highest BCUT2D eigenvalue weighted by atomic mass is 32.2. The molecule has 10 heteroatoms. The summed E-state index contributed by atoms with van der Waals surface area (Å²) in [5.41, 5.74) is 0.509. The van der Waals surface area contributed by atoms with Crippen LogP contribution in [-0.4, -0.2) is 49.2 Å². The van der Waals surface area contributed by atoms with Crippen LogP contribution in [0.2, 0.25) is 0 Å². The van der Waals surface area contributed by atoms with E-state index in [1.807, 2.05) is 5.32 Å². The number of carbonyl (C=O) groups excluding carboxylic acids is 2. The summed E-state index contributed by atoms with van der Waals surface area (Å²) >= 11 is 0. The van der Waals surface area contributed by atoms with E-state index < -0.39 is 40.6 Å². The van der Waals surface area contributed by atoms with Crippen molar-refractivity contribution in [2.45, 2.75) is 25.8 Å². The molecule has 3 rings (SSSR count). The van der Waals surface area contributed by atoms with Crippen molar-refractivity contribution in [1.82, 2.24) is 13.9 Å². The maximum Gasteiger partial charge on any atom is 0.339 e. The molecule has 0 unspecified atom stereocenters. The van der Waals surface area contributed by atoms with Crippen molar-refractivity contribution < 1.29 is 27.1 Å². The van der Waals surface area contributed by atoms with E-state index in [1.165, 1.54) is 25.2 Å². The van der Waals surface area contributed by atoms with Gasteiger partial charge in [0.05, 0.1) is 6.61 Å². The fourth-order valence-corrected chi connectivity index (χ4v) is 3.93. The molecule has 0 aromatic heterocycles. The van der Waals surface area contributed by atoms with E-state index in [0.29, 0.717) is 22.4 Å². The van der Waals surface area contributed by atoms with Gasteiger partial charge in [0.2, 0.25) is 5.91 Å². The van der Waals surface area contributed by atoms with Crippen LogP contribution in [0.25, 0.3) is 0 Å². The Labute approximate surface area is 151 Å². The largest absolute Gasteiger partial charge is 0.490 e. The van der Waals surface area contributed by atoms with Gasteiger partial charge in [0.25, 0.3) is 0 Å². The highest BCUT2D eigenvalue weighted by Crippen LogP contribution is 2.32. The van der Waals surface area contributed by atoms with E-state index in [-0.39, 0.29) is 5.75 Å². The van der Waals surface area contributed by atoms with Crippen molar-refractivity contribution in [1.29, 1.82) is 0 Å². The summed E-state index contributed by atoms with van der Waals surface area (Å²) in [6.07, 6.45) is 2.13. The smallest absolute Gasteiger partial charge is 0.339 e. The Kier molecular flexibility index (Phi) is 4.89. The van der Waals surface area contributed by atoms with Crippen molar-refractivity contribution in [2.24, 2.45) is 5.92 Å². The topological polar surface area (TPSA) is 96.0 Å². The summed E-state index contributed by atoms with van der Waals surface area (Å²) < 4.78 is 46.1. The van der Waals surface area contributed by atoms with Crippen molar-refractivity contribution in [3.8, 4) is 5.75 Å². The molecular formula is C16H20FN3O5S. The van der Waals surface area contributed by atoms with Crippen LogP contribution in [0, 0.1) is 11.7 Å². The summed E-state index contributed by atoms with van der Waals surface area (Å²) in [4.78, 5) is 22.9. The zero-order chi connectivity index (χ0) is 19.1. The van der Waals surface area contributed by atoms with Crippen molar-refractivity contribution >= 4 is 22.1 Å². The Morgan fingerprint density at radius 3 is 2.65 bits per heavy atom. The summed E-state index contributed by atoms with van der Waals surface area (Å²) in [5.74, 6) is -0.681. The zero-order valence-corrected chi connectivity index (χ0v) is 15.3. The summed E-state index contributed by atoms with van der Waals surface area (Å²) in [6, 6.07) is 2.46. The fraction of sp³-hybridized carbons (Fsp3) is 0.500. The molecule has 142 valence electrons. The van der Waals surface area contributed by atoms with Gasteiger partial charge in [0, 0.05) is 13.1 Å². The van der Waals surface area contributed by atoms with E-state index >= 15 is 0 Å². The minimum absolute atomic E-state index is 0.0705. The normalized spacial score (nSPS) is 19.0. The van der Waals surface area contributed by atoms with Crippen LogP contribution >= 0.6 is 0 Å². The quantitative estimate of drug-likeness (QED) is 0.716. The molecule has 2 aliphatic rings. The van der Waals surface area contributed by atoms with E-state index in [4.69, 9.17) is 4.74 Å². The predicted molar refractivity (Wildman–Crippen MR) is 90.0 cm³/mol. The lowest BCUT2D eigenvalue weighted by molar-refractivity contribution is -0.118. The van der Waals surface area contributed by atoms with Crippen LogP contribution in [0.15, 0.2) is 18.2 Å². The highest BCUT2D eigenvalue weighted by molar-refractivity contribution is 7.87. The van der Waals surface area contributed by atoms with E-state index in [0.717, 1.165) is 17.1 Å². The molecule has 8 nitrogen and oxygen atoms in total. The van der Waals surface area contributed by atoms with Crippen LogP contribution in [0.3, 0.4) is 0 Å². The molecule has 1 aliphatic carbocycles. The number of benzene rings is 1. The number of amides is 3. The third-order valence-corrected chi connectivity index (χ3v) is 6.45. The lowest BCUT2D eigenvalue weighted by atomic mass is 10.1. The van der Waals surface area contributed by atoms with Gasteiger partial charge in [-0.25, -0.2) is 9.18 Å². The molecule has 0 bridgehead atoms. The van der Waals surface area contributed by atoms with Gasteiger partial charge in [-0.2, -0.15) is 17.0 Å². The van der Waals surface area contributed by atoms with E-state index in [9.17, 15) is 22.4 Å². The molecule has 26 heavy (non-hydrogen) atoms. The Morgan fingerprint density at radius 2 is 2.08 bits per heavy atom. The highest BCUT2D eigenvalue weighted by Gasteiger charge is 2.40. The molecule has 0 spiro atoms. The van der Waals surface area contributed by atoms with Crippen LogP contribution in [0.4, 0.5) is 9.18 Å². The molecule has 1 N–H and O–H groups in total. The number of halogens is 1. The monoisotopic (exact) mass is 385 g/mol. The second-order valence-electron chi connectivity index (χ2n) is 6.50. The maximum absolute atomic E-state index is 13.9. The average molecular weight is 385 g/mol. The lowest BCUT2D eigenvalue weighted by Crippen LogP contribution is -2.44. The fourth-order valence-electron chi connectivity index (χ4n) is 2.56. The Morgan fingerprint density at radius 1 is 1.38 bits per heavy atom. The van der Waals surface area contributed by atoms with Gasteiger partial charge in [-0.1, -0.05) is 6.07 Å². The lowest BCUT2D eigenvalue weighted by Gasteiger charge is -2.28. The number of urea groups is 1. The Bertz CT molecular complexity index is 840. The van der Waals surface area contributed by atoms with Crippen LogP contribution in [0.1, 0.15) is 31.4 Å². The van der Waals surface area contributed by atoms with Gasteiger partial charge in [-0.3, -0.25) is 10.1 Å². The van der Waals surface area contributed by atoms with Gasteiger partial charge < -0.3 is 4.74 Å². The van der Waals surface area contributed by atoms with Crippen molar-refractivity contribution in [3.63, 3.8) is 0 Å². The third kappa shape index (κ3) is 3.65. The summed E-state index contributed by atoms with van der Waals surface area (Å²) in [5, 5.41) is 1.93. The first-order chi connectivity index (χ1) is 12.2. The molecule has 1 saturated heterocycles. The number of rotatable bonds is 7.